The fourth-order valence-electron chi connectivity index (χ4n) is 4.32. The molecule has 5 atom stereocenters. The van der Waals surface area contributed by atoms with Gasteiger partial charge in [0, 0.05) is 4.55 Å². The lowest BCUT2D eigenvalue weighted by molar-refractivity contribution is 0.227. The maximum absolute atomic E-state index is 3.55. The molecule has 3 fully saturated rings. The smallest absolute Gasteiger partial charge is 0.0480 e. The van der Waals surface area contributed by atoms with Crippen LogP contribution in [0.4, 0.5) is 0 Å². The van der Waals surface area contributed by atoms with Crippen LogP contribution in [0.5, 0.6) is 0 Å². The third kappa shape index (κ3) is 1.62. The molecule has 5 unspecified atom stereocenters. The Bertz CT molecular complexity index is 212. The van der Waals surface area contributed by atoms with Crippen molar-refractivity contribution in [2.75, 3.05) is 11.1 Å². The van der Waals surface area contributed by atoms with Crippen molar-refractivity contribution in [1.82, 2.24) is 5.32 Å². The Balaban J connectivity index is 1.65. The van der Waals surface area contributed by atoms with Gasteiger partial charge in [-0.1, -0.05) is 35.4 Å². The van der Waals surface area contributed by atoms with Gasteiger partial charge in [-0.15, -0.1) is 0 Å². The predicted molar refractivity (Wildman–Crippen MR) is 67.4 cm³/mol. The van der Waals surface area contributed by atoms with Gasteiger partial charge in [0.1, 0.15) is 0 Å². The van der Waals surface area contributed by atoms with Crippen LogP contribution in [0.2, 0.25) is 0 Å². The molecule has 3 aliphatic carbocycles. The van der Waals surface area contributed by atoms with E-state index < -0.39 is 0 Å². The number of nitrogens with one attached hydrogen (secondary N) is 1. The van der Waals surface area contributed by atoms with E-state index in [0.717, 1.165) is 34.1 Å². The van der Waals surface area contributed by atoms with Crippen molar-refractivity contribution in [3.8, 4) is 0 Å². The van der Waals surface area contributed by atoms with Crippen molar-refractivity contribution in [1.29, 1.82) is 0 Å². The van der Waals surface area contributed by atoms with Crippen molar-refractivity contribution in [3.63, 3.8) is 0 Å². The van der Waals surface area contributed by atoms with Crippen LogP contribution in [0.3, 0.4) is 0 Å². The maximum Gasteiger partial charge on any atom is 0.0480 e. The number of alkyl halides is 1. The molecule has 3 aliphatic rings. The van der Waals surface area contributed by atoms with Crippen molar-refractivity contribution in [2.45, 2.75) is 32.1 Å². The zero-order valence-electron chi connectivity index (χ0n) is 8.71. The van der Waals surface area contributed by atoms with E-state index in [4.69, 9.17) is 0 Å². The largest absolute Gasteiger partial charge is 0.308 e. The normalized spacial score (nSPS) is 49.9. The molecule has 0 radical (unpaired) electrons. The lowest BCUT2D eigenvalue weighted by Crippen LogP contribution is -2.29. The average Bonchev–Trinajstić information content (AvgIpc) is 2.87. The molecule has 0 aromatic rings. The van der Waals surface area contributed by atoms with Gasteiger partial charge in [-0.3, -0.25) is 0 Å². The van der Waals surface area contributed by atoms with Crippen molar-refractivity contribution in [2.24, 2.45) is 29.6 Å². The lowest BCUT2D eigenvalue weighted by atomic mass is 9.78. The van der Waals surface area contributed by atoms with Gasteiger partial charge in [0.05, 0.1) is 0 Å². The molecule has 0 saturated heterocycles. The molecule has 80 valence electrons. The Kier molecular flexibility index (Phi) is 2.77. The molecule has 0 aromatic carbocycles. The average molecular weight is 305 g/mol. The van der Waals surface area contributed by atoms with E-state index in [1.165, 1.54) is 13.0 Å². The molecule has 14 heavy (non-hydrogen) atoms. The van der Waals surface area contributed by atoms with Gasteiger partial charge in [0.25, 0.3) is 0 Å². The summed E-state index contributed by atoms with van der Waals surface area (Å²) in [5.41, 5.74) is 0. The summed E-state index contributed by atoms with van der Waals surface area (Å²) in [5, 5.41) is 3.55. The standard InChI is InChI=1S/C12H20IN/c13-7-14-6-9-4-8-2-1-3-10-11(5-8)12(9)10/h8-12,14H,1-7H2. The van der Waals surface area contributed by atoms with E-state index in [9.17, 15) is 0 Å². The van der Waals surface area contributed by atoms with Gasteiger partial charge in [0.15, 0.2) is 0 Å². The third-order valence-corrected chi connectivity index (χ3v) is 5.37. The van der Waals surface area contributed by atoms with E-state index >= 15 is 0 Å². The molecule has 3 rings (SSSR count). The molecule has 2 bridgehead atoms. The summed E-state index contributed by atoms with van der Waals surface area (Å²) in [6.07, 6.45) is 7.78. The molecule has 0 aliphatic heterocycles. The molecule has 0 heterocycles. The van der Waals surface area contributed by atoms with E-state index in [-0.39, 0.29) is 0 Å². The van der Waals surface area contributed by atoms with E-state index in [1.807, 2.05) is 0 Å². The summed E-state index contributed by atoms with van der Waals surface area (Å²) in [7, 11) is 0. The van der Waals surface area contributed by atoms with Crippen molar-refractivity contribution in [3.05, 3.63) is 0 Å². The van der Waals surface area contributed by atoms with Crippen LogP contribution in [0.15, 0.2) is 0 Å². The topological polar surface area (TPSA) is 12.0 Å². The Morgan fingerprint density at radius 3 is 2.93 bits per heavy atom. The lowest BCUT2D eigenvalue weighted by Gasteiger charge is -2.29. The molecule has 2 heteroatoms. The minimum absolute atomic E-state index is 1.04. The number of rotatable bonds is 3. The van der Waals surface area contributed by atoms with Crippen molar-refractivity contribution >= 4 is 22.6 Å². The highest BCUT2D eigenvalue weighted by Gasteiger charge is 2.57. The van der Waals surface area contributed by atoms with Gasteiger partial charge in [0.2, 0.25) is 0 Å². The van der Waals surface area contributed by atoms with Crippen LogP contribution in [0, 0.1) is 29.6 Å². The van der Waals surface area contributed by atoms with E-state index in [1.54, 1.807) is 25.7 Å². The first kappa shape index (κ1) is 9.88. The summed E-state index contributed by atoms with van der Waals surface area (Å²) in [6.45, 7) is 1.30. The van der Waals surface area contributed by atoms with Crippen LogP contribution in [0.25, 0.3) is 0 Å². The zero-order valence-corrected chi connectivity index (χ0v) is 10.9. The minimum atomic E-state index is 1.04. The summed E-state index contributed by atoms with van der Waals surface area (Å²) < 4.78 is 1.13. The Labute approximate surface area is 101 Å². The molecule has 3 saturated carbocycles. The number of fused-ring (bicyclic) bond motifs is 2. The first-order chi connectivity index (χ1) is 6.90. The van der Waals surface area contributed by atoms with E-state index in [0.29, 0.717) is 0 Å². The summed E-state index contributed by atoms with van der Waals surface area (Å²) in [4.78, 5) is 0. The molecular formula is C12H20IN. The molecule has 1 N–H and O–H groups in total. The summed E-state index contributed by atoms with van der Waals surface area (Å²) >= 11 is 2.43. The predicted octanol–water partition coefficient (Wildman–Crippen LogP) is 3.04. The molecule has 1 nitrogen and oxygen atoms in total. The molecule has 0 spiro atoms. The fraction of sp³-hybridized carbons (Fsp3) is 1.00. The fourth-order valence-corrected chi connectivity index (χ4v) is 4.63. The summed E-state index contributed by atoms with van der Waals surface area (Å²) in [5.74, 6) is 5.60. The molecule has 0 amide bonds. The van der Waals surface area contributed by atoms with Gasteiger partial charge in [-0.05, 0) is 55.4 Å². The van der Waals surface area contributed by atoms with Crippen LogP contribution >= 0.6 is 22.6 Å². The first-order valence-electron chi connectivity index (χ1n) is 6.17. The highest BCUT2D eigenvalue weighted by molar-refractivity contribution is 14.1. The maximum atomic E-state index is 3.55. The molecular weight excluding hydrogens is 285 g/mol. The zero-order chi connectivity index (χ0) is 9.54. The highest BCUT2D eigenvalue weighted by Crippen LogP contribution is 2.63. The quantitative estimate of drug-likeness (QED) is 0.480. The highest BCUT2D eigenvalue weighted by atomic mass is 127. The minimum Gasteiger partial charge on any atom is -0.308 e. The van der Waals surface area contributed by atoms with Crippen LogP contribution in [-0.2, 0) is 0 Å². The number of hydrogen-bond donors (Lipinski definition) is 1. The monoisotopic (exact) mass is 305 g/mol. The number of halogens is 1. The first-order valence-corrected chi connectivity index (χ1v) is 7.69. The Morgan fingerprint density at radius 1 is 1.14 bits per heavy atom. The van der Waals surface area contributed by atoms with Crippen LogP contribution in [0.1, 0.15) is 32.1 Å². The summed E-state index contributed by atoms with van der Waals surface area (Å²) in [6, 6.07) is 0. The Hall–Kier alpha value is 0.690. The number of hydrogen-bond acceptors (Lipinski definition) is 1. The SMILES string of the molecule is ICNCC1CC2CCCC3C(C2)C13. The van der Waals surface area contributed by atoms with E-state index in [2.05, 4.69) is 27.9 Å². The van der Waals surface area contributed by atoms with Crippen LogP contribution < -0.4 is 5.32 Å². The second-order valence-corrected chi connectivity index (χ2v) is 6.28. The van der Waals surface area contributed by atoms with Crippen LogP contribution in [-0.4, -0.2) is 11.1 Å². The molecule has 0 aromatic heterocycles. The van der Waals surface area contributed by atoms with Gasteiger partial charge in [-0.2, -0.15) is 0 Å². The Morgan fingerprint density at radius 2 is 2.07 bits per heavy atom. The van der Waals surface area contributed by atoms with Gasteiger partial charge >= 0.3 is 0 Å². The third-order valence-electron chi connectivity index (χ3n) is 4.83. The second-order valence-electron chi connectivity index (χ2n) is 5.52. The van der Waals surface area contributed by atoms with Gasteiger partial charge in [-0.25, -0.2) is 0 Å². The second kappa shape index (κ2) is 3.93. The van der Waals surface area contributed by atoms with Crippen molar-refractivity contribution < 1.29 is 0 Å². The van der Waals surface area contributed by atoms with Gasteiger partial charge < -0.3 is 5.32 Å².